The van der Waals surface area contributed by atoms with Gasteiger partial charge in [0.2, 0.25) is 5.60 Å². The minimum absolute atomic E-state index is 0.345. The van der Waals surface area contributed by atoms with E-state index in [1.54, 1.807) is 0 Å². The number of aliphatic carboxylic acids is 4. The molecule has 0 aliphatic rings. The molecule has 0 aliphatic carbocycles. The lowest BCUT2D eigenvalue weighted by Crippen LogP contribution is -2.54. The first-order valence-corrected chi connectivity index (χ1v) is 11.3. The van der Waals surface area contributed by atoms with Gasteiger partial charge in [-0.3, -0.25) is 9.59 Å². The second kappa shape index (κ2) is 19.5. The summed E-state index contributed by atoms with van der Waals surface area (Å²) in [5, 5.41) is 51.1. The molecule has 0 amide bonds. The first-order chi connectivity index (χ1) is 15.0. The van der Waals surface area contributed by atoms with Gasteiger partial charge >= 0.3 is 23.9 Å². The normalized spacial score (nSPS) is 13.3. The van der Waals surface area contributed by atoms with Crippen molar-refractivity contribution in [3.05, 3.63) is 0 Å². The monoisotopic (exact) mass is 464 g/mol. The van der Waals surface area contributed by atoms with Crippen molar-refractivity contribution in [2.24, 2.45) is 0 Å². The molecular formula is C22H40O10. The maximum absolute atomic E-state index is 10.4. The van der Waals surface area contributed by atoms with Gasteiger partial charge in [0.1, 0.15) is 0 Å². The number of aliphatic hydroxyl groups is 2. The van der Waals surface area contributed by atoms with Crippen LogP contribution in [0.4, 0.5) is 0 Å². The molecule has 0 aromatic rings. The lowest BCUT2D eigenvalue weighted by Gasteiger charge is -2.23. The predicted octanol–water partition coefficient (Wildman–Crippen LogP) is 3.27. The third kappa shape index (κ3) is 17.5. The van der Waals surface area contributed by atoms with E-state index in [1.807, 2.05) is 0 Å². The zero-order valence-corrected chi connectivity index (χ0v) is 19.0. The molecule has 10 heteroatoms. The van der Waals surface area contributed by atoms with Crippen LogP contribution < -0.4 is 0 Å². The highest BCUT2D eigenvalue weighted by Gasteiger charge is 2.49. The molecule has 0 aromatic carbocycles. The average Bonchev–Trinajstić information content (AvgIpc) is 2.70. The first-order valence-electron chi connectivity index (χ1n) is 11.3. The van der Waals surface area contributed by atoms with E-state index in [-0.39, 0.29) is 0 Å². The Kier molecular flexibility index (Phi) is 19.5. The quantitative estimate of drug-likeness (QED) is 0.155. The van der Waals surface area contributed by atoms with Crippen molar-refractivity contribution >= 4 is 23.9 Å². The highest BCUT2D eigenvalue weighted by Crippen LogP contribution is 2.17. The van der Waals surface area contributed by atoms with E-state index in [9.17, 15) is 19.2 Å². The van der Waals surface area contributed by atoms with E-state index in [0.29, 0.717) is 6.42 Å². The van der Waals surface area contributed by atoms with Crippen LogP contribution in [-0.2, 0) is 19.2 Å². The zero-order valence-electron chi connectivity index (χ0n) is 19.0. The number of aliphatic hydroxyl groups excluding tert-OH is 1. The molecule has 0 heterocycles. The number of carboxylic acids is 4. The molecule has 0 aromatic heterocycles. The summed E-state index contributed by atoms with van der Waals surface area (Å²) in [6, 6.07) is 0. The van der Waals surface area contributed by atoms with Gasteiger partial charge in [-0.25, -0.2) is 9.59 Å². The second-order valence-electron chi connectivity index (χ2n) is 7.93. The average molecular weight is 465 g/mol. The minimum Gasteiger partial charge on any atom is -0.481 e. The van der Waals surface area contributed by atoms with Gasteiger partial charge < -0.3 is 30.6 Å². The smallest absolute Gasteiger partial charge is 0.339 e. The maximum atomic E-state index is 10.4. The van der Waals surface area contributed by atoms with Crippen molar-refractivity contribution in [1.29, 1.82) is 0 Å². The summed E-state index contributed by atoms with van der Waals surface area (Å²) in [5.41, 5.74) is -3.22. The zero-order chi connectivity index (χ0) is 25.0. The van der Waals surface area contributed by atoms with Crippen LogP contribution in [0.3, 0.4) is 0 Å². The molecule has 32 heavy (non-hydrogen) atoms. The Bertz CT molecular complexity index is 549. The number of unbranched alkanes of at least 4 members (excludes halogenated alkanes) is 12. The van der Waals surface area contributed by atoms with Crippen molar-refractivity contribution in [3.8, 4) is 0 Å². The summed E-state index contributed by atoms with van der Waals surface area (Å²) >= 11 is 0. The molecule has 188 valence electrons. The molecule has 0 aliphatic heterocycles. The van der Waals surface area contributed by atoms with Crippen LogP contribution in [0.25, 0.3) is 0 Å². The van der Waals surface area contributed by atoms with Gasteiger partial charge in [0.05, 0.1) is 6.42 Å². The van der Waals surface area contributed by atoms with Crippen LogP contribution in [-0.4, -0.2) is 66.2 Å². The highest BCUT2D eigenvalue weighted by atomic mass is 16.4. The van der Waals surface area contributed by atoms with E-state index < -0.39 is 42.0 Å². The van der Waals surface area contributed by atoms with Gasteiger partial charge in [0.15, 0.2) is 6.10 Å². The Hall–Kier alpha value is -2.20. The molecule has 0 fully saturated rings. The number of hydrogen-bond donors (Lipinski definition) is 6. The van der Waals surface area contributed by atoms with Gasteiger partial charge in [0, 0.05) is 6.42 Å². The fourth-order valence-electron chi connectivity index (χ4n) is 3.02. The van der Waals surface area contributed by atoms with E-state index in [4.69, 9.17) is 30.6 Å². The molecule has 2 atom stereocenters. The molecule has 6 N–H and O–H groups in total. The largest absolute Gasteiger partial charge is 0.481 e. The lowest BCUT2D eigenvalue weighted by molar-refractivity contribution is -0.187. The van der Waals surface area contributed by atoms with Crippen molar-refractivity contribution in [2.45, 2.75) is 115 Å². The molecule has 10 nitrogen and oxygen atoms in total. The van der Waals surface area contributed by atoms with Gasteiger partial charge in [-0.15, -0.1) is 0 Å². The van der Waals surface area contributed by atoms with Crippen molar-refractivity contribution in [1.82, 2.24) is 0 Å². The number of carboxylic acid groups (broad SMARTS) is 4. The van der Waals surface area contributed by atoms with Crippen molar-refractivity contribution < 1.29 is 49.8 Å². The molecular weight excluding hydrogens is 424 g/mol. The van der Waals surface area contributed by atoms with Gasteiger partial charge in [-0.1, -0.05) is 84.0 Å². The van der Waals surface area contributed by atoms with Crippen LogP contribution in [0.2, 0.25) is 0 Å². The van der Waals surface area contributed by atoms with E-state index in [1.165, 1.54) is 70.6 Å². The van der Waals surface area contributed by atoms with Crippen LogP contribution in [0, 0.1) is 0 Å². The Balaban J connectivity index is 0. The second-order valence-corrected chi connectivity index (χ2v) is 7.93. The van der Waals surface area contributed by atoms with E-state index >= 15 is 0 Å². The lowest BCUT2D eigenvalue weighted by atomic mass is 9.93. The molecule has 0 radical (unpaired) electrons. The summed E-state index contributed by atoms with van der Waals surface area (Å²) < 4.78 is 0. The molecule has 2 unspecified atom stereocenters. The topological polar surface area (TPSA) is 190 Å². The predicted molar refractivity (Wildman–Crippen MR) is 116 cm³/mol. The van der Waals surface area contributed by atoms with E-state index in [0.717, 1.165) is 12.8 Å². The summed E-state index contributed by atoms with van der Waals surface area (Å²) in [5.74, 6) is -6.53. The summed E-state index contributed by atoms with van der Waals surface area (Å²) in [7, 11) is 0. The Morgan fingerprint density at radius 1 is 0.656 bits per heavy atom. The van der Waals surface area contributed by atoms with Crippen molar-refractivity contribution in [2.75, 3.05) is 0 Å². The van der Waals surface area contributed by atoms with Crippen LogP contribution >= 0.6 is 0 Å². The third-order valence-corrected chi connectivity index (χ3v) is 4.97. The number of rotatable bonds is 19. The Labute approximate surface area is 189 Å². The number of hydrogen-bond acceptors (Lipinski definition) is 6. The standard InChI is InChI=1S/C16H32O2.C6H8O8/c1-2-3-4-5-6-7-8-9-10-11-12-13-14-15-16(17)18;7-2(8)1-6(14,5(12)13)3(9)4(10)11/h2-15H2,1H3,(H,17,18);3,9,14H,1H2,(H,7,8)(H,10,11)(H,12,13). The fourth-order valence-corrected chi connectivity index (χ4v) is 3.02. The highest BCUT2D eigenvalue weighted by molar-refractivity contribution is 5.90. The van der Waals surface area contributed by atoms with Crippen LogP contribution in [0.15, 0.2) is 0 Å². The fraction of sp³-hybridized carbons (Fsp3) is 0.818. The van der Waals surface area contributed by atoms with Gasteiger partial charge in [-0.05, 0) is 6.42 Å². The number of carbonyl (C=O) groups is 4. The summed E-state index contributed by atoms with van der Waals surface area (Å²) in [6.45, 7) is 2.26. The van der Waals surface area contributed by atoms with Crippen LogP contribution in [0.5, 0.6) is 0 Å². The molecule has 0 rings (SSSR count). The first kappa shape index (κ1) is 32.0. The van der Waals surface area contributed by atoms with E-state index in [2.05, 4.69) is 6.92 Å². The van der Waals surface area contributed by atoms with Gasteiger partial charge in [0.25, 0.3) is 0 Å². The molecule has 0 saturated carbocycles. The summed E-state index contributed by atoms with van der Waals surface area (Å²) in [4.78, 5) is 41.0. The molecule has 0 saturated heterocycles. The Morgan fingerprint density at radius 3 is 1.31 bits per heavy atom. The molecule has 0 spiro atoms. The summed E-state index contributed by atoms with van der Waals surface area (Å²) in [6.07, 6.45) is 13.2. The third-order valence-electron chi connectivity index (χ3n) is 4.97. The van der Waals surface area contributed by atoms with Crippen molar-refractivity contribution in [3.63, 3.8) is 0 Å². The SMILES string of the molecule is CCCCCCCCCCCCCCCC(=O)O.O=C(O)CC(O)(C(=O)O)C(O)C(=O)O. The van der Waals surface area contributed by atoms with Crippen LogP contribution in [0.1, 0.15) is 103 Å². The Morgan fingerprint density at radius 2 is 1.03 bits per heavy atom. The molecule has 0 bridgehead atoms. The minimum atomic E-state index is -3.22. The maximum Gasteiger partial charge on any atom is 0.339 e. The van der Waals surface area contributed by atoms with Gasteiger partial charge in [-0.2, -0.15) is 0 Å².